The van der Waals surface area contributed by atoms with Crippen LogP contribution in [0.15, 0.2) is 48.5 Å². The SMILES string of the molecule is CCCCCCN(C(=O)C(CC(C)C)NC(=O)OC(C)(C)C)C(C(=O)Nc1ccccc1C)c1ccccc1O. The molecular weight excluding hydrogens is 506 g/mol. The molecule has 0 aliphatic rings. The molecule has 0 saturated carbocycles. The summed E-state index contributed by atoms with van der Waals surface area (Å²) in [7, 11) is 0. The quantitative estimate of drug-likeness (QED) is 0.238. The summed E-state index contributed by atoms with van der Waals surface area (Å²) in [5, 5.41) is 16.6. The number of rotatable bonds is 13. The van der Waals surface area contributed by atoms with Crippen molar-refractivity contribution in [3.05, 3.63) is 59.7 Å². The van der Waals surface area contributed by atoms with E-state index < -0.39 is 35.6 Å². The number of aromatic hydroxyl groups is 1. The van der Waals surface area contributed by atoms with Crippen molar-refractivity contribution in [2.24, 2.45) is 5.92 Å². The Morgan fingerprint density at radius 2 is 1.62 bits per heavy atom. The minimum atomic E-state index is -1.12. The van der Waals surface area contributed by atoms with Gasteiger partial charge in [-0.1, -0.05) is 76.4 Å². The molecule has 2 aromatic carbocycles. The number of ether oxygens (including phenoxy) is 1. The van der Waals surface area contributed by atoms with Gasteiger partial charge in [-0.15, -0.1) is 0 Å². The molecule has 0 fully saturated rings. The number of carbonyl (C=O) groups excluding carboxylic acids is 3. The van der Waals surface area contributed by atoms with Crippen molar-refractivity contribution >= 4 is 23.6 Å². The standard InChI is InChI=1S/C32H47N3O5/c1-8-9-10-15-20-35(30(38)26(21-22(2)3)34-31(39)40-32(5,6)7)28(24-17-12-14-19-27(24)36)29(37)33-25-18-13-11-16-23(25)4/h11-14,16-19,22,26,28,36H,8-10,15,20-21H2,1-7H3,(H,33,37)(H,34,39). The van der Waals surface area contributed by atoms with E-state index in [9.17, 15) is 19.5 Å². The monoisotopic (exact) mass is 553 g/mol. The van der Waals surface area contributed by atoms with Crippen LogP contribution >= 0.6 is 0 Å². The number of nitrogens with zero attached hydrogens (tertiary/aromatic N) is 1. The maximum absolute atomic E-state index is 14.3. The maximum Gasteiger partial charge on any atom is 0.408 e. The first-order valence-corrected chi connectivity index (χ1v) is 14.3. The van der Waals surface area contributed by atoms with Crippen LogP contribution < -0.4 is 10.6 Å². The van der Waals surface area contributed by atoms with Gasteiger partial charge in [0.1, 0.15) is 23.4 Å². The van der Waals surface area contributed by atoms with E-state index in [1.165, 1.54) is 11.0 Å². The number of anilines is 1. The van der Waals surface area contributed by atoms with Gasteiger partial charge in [0, 0.05) is 17.8 Å². The molecule has 3 N–H and O–H groups in total. The average molecular weight is 554 g/mol. The van der Waals surface area contributed by atoms with Crippen LogP contribution in [-0.4, -0.2) is 46.1 Å². The first-order chi connectivity index (χ1) is 18.8. The minimum Gasteiger partial charge on any atom is -0.508 e. The molecule has 220 valence electrons. The molecule has 0 aliphatic carbocycles. The predicted molar refractivity (Wildman–Crippen MR) is 159 cm³/mol. The van der Waals surface area contributed by atoms with Crippen LogP contribution in [0.4, 0.5) is 10.5 Å². The van der Waals surface area contributed by atoms with Crippen molar-refractivity contribution in [3.63, 3.8) is 0 Å². The van der Waals surface area contributed by atoms with Crippen molar-refractivity contribution in [2.75, 3.05) is 11.9 Å². The number of para-hydroxylation sites is 2. The summed E-state index contributed by atoms with van der Waals surface area (Å²) in [5.74, 6) is -0.848. The van der Waals surface area contributed by atoms with Gasteiger partial charge in [-0.2, -0.15) is 0 Å². The number of hydrogen-bond donors (Lipinski definition) is 3. The highest BCUT2D eigenvalue weighted by Gasteiger charge is 2.37. The van der Waals surface area contributed by atoms with Crippen molar-refractivity contribution in [1.29, 1.82) is 0 Å². The summed E-state index contributed by atoms with van der Waals surface area (Å²) >= 11 is 0. The first kappa shape index (κ1) is 32.7. The molecule has 8 heteroatoms. The van der Waals surface area contributed by atoms with E-state index in [2.05, 4.69) is 17.6 Å². The second-order valence-electron chi connectivity index (χ2n) is 11.7. The number of hydrogen-bond acceptors (Lipinski definition) is 5. The van der Waals surface area contributed by atoms with Crippen molar-refractivity contribution < 1.29 is 24.2 Å². The van der Waals surface area contributed by atoms with Gasteiger partial charge in [-0.25, -0.2) is 4.79 Å². The Bertz CT molecular complexity index is 1130. The van der Waals surface area contributed by atoms with E-state index in [1.807, 2.05) is 39.0 Å². The molecule has 0 saturated heterocycles. The van der Waals surface area contributed by atoms with Crippen LogP contribution in [0.1, 0.15) is 90.8 Å². The van der Waals surface area contributed by atoms with E-state index in [-0.39, 0.29) is 18.2 Å². The number of nitrogens with one attached hydrogen (secondary N) is 2. The van der Waals surface area contributed by atoms with Crippen LogP contribution in [0.2, 0.25) is 0 Å². The lowest BCUT2D eigenvalue weighted by Crippen LogP contribution is -2.53. The molecule has 2 unspecified atom stereocenters. The minimum absolute atomic E-state index is 0.0789. The van der Waals surface area contributed by atoms with Crippen LogP contribution in [0.25, 0.3) is 0 Å². The van der Waals surface area contributed by atoms with E-state index in [1.54, 1.807) is 45.0 Å². The fourth-order valence-corrected chi connectivity index (χ4v) is 4.50. The summed E-state index contributed by atoms with van der Waals surface area (Å²) < 4.78 is 5.46. The fourth-order valence-electron chi connectivity index (χ4n) is 4.50. The Morgan fingerprint density at radius 1 is 0.975 bits per heavy atom. The molecule has 0 aliphatic heterocycles. The van der Waals surface area contributed by atoms with Crippen molar-refractivity contribution in [3.8, 4) is 5.75 Å². The second kappa shape index (κ2) is 15.3. The second-order valence-corrected chi connectivity index (χ2v) is 11.7. The van der Waals surface area contributed by atoms with Crippen molar-refractivity contribution in [2.45, 2.75) is 98.3 Å². The zero-order chi connectivity index (χ0) is 29.9. The Labute approximate surface area is 239 Å². The fraction of sp³-hybridized carbons (Fsp3) is 0.531. The molecule has 0 heterocycles. The molecule has 8 nitrogen and oxygen atoms in total. The third-order valence-corrected chi connectivity index (χ3v) is 6.43. The Kier molecular flexibility index (Phi) is 12.5. The van der Waals surface area contributed by atoms with Gasteiger partial charge >= 0.3 is 6.09 Å². The van der Waals surface area contributed by atoms with Gasteiger partial charge < -0.3 is 25.4 Å². The number of unbranched alkanes of at least 4 members (excludes halogenated alkanes) is 3. The largest absolute Gasteiger partial charge is 0.508 e. The maximum atomic E-state index is 14.3. The Hall–Kier alpha value is -3.55. The van der Waals surface area contributed by atoms with Crippen molar-refractivity contribution in [1.82, 2.24) is 10.2 Å². The number of aryl methyl sites for hydroxylation is 1. The summed E-state index contributed by atoms with van der Waals surface area (Å²) in [5.41, 5.74) is 1.08. The lowest BCUT2D eigenvalue weighted by atomic mass is 9.98. The number of amides is 3. The zero-order valence-corrected chi connectivity index (χ0v) is 25.1. The molecule has 2 aromatic rings. The third kappa shape index (κ3) is 10.2. The van der Waals surface area contributed by atoms with Gasteiger partial charge in [0.05, 0.1) is 0 Å². The molecule has 0 aromatic heterocycles. The number of benzene rings is 2. The van der Waals surface area contributed by atoms with Crippen LogP contribution in [-0.2, 0) is 14.3 Å². The first-order valence-electron chi connectivity index (χ1n) is 14.3. The molecule has 3 amide bonds. The predicted octanol–water partition coefficient (Wildman–Crippen LogP) is 6.73. The molecule has 40 heavy (non-hydrogen) atoms. The highest BCUT2D eigenvalue weighted by molar-refractivity contribution is 5.99. The van der Waals surface area contributed by atoms with Gasteiger partial charge in [0.25, 0.3) is 5.91 Å². The highest BCUT2D eigenvalue weighted by Crippen LogP contribution is 2.32. The van der Waals surface area contributed by atoms with Crippen LogP contribution in [0, 0.1) is 12.8 Å². The van der Waals surface area contributed by atoms with E-state index >= 15 is 0 Å². The number of phenols is 1. The highest BCUT2D eigenvalue weighted by atomic mass is 16.6. The summed E-state index contributed by atoms with van der Waals surface area (Å²) in [6.07, 6.45) is 3.21. The topological polar surface area (TPSA) is 108 Å². The number of carbonyl (C=O) groups is 3. The Balaban J connectivity index is 2.56. The van der Waals surface area contributed by atoms with Gasteiger partial charge in [-0.3, -0.25) is 9.59 Å². The summed E-state index contributed by atoms with van der Waals surface area (Å²) in [6.45, 7) is 13.5. The van der Waals surface area contributed by atoms with E-state index in [4.69, 9.17) is 4.74 Å². The van der Waals surface area contributed by atoms with Crippen LogP contribution in [0.5, 0.6) is 5.75 Å². The normalized spacial score (nSPS) is 12.9. The van der Waals surface area contributed by atoms with Gasteiger partial charge in [-0.05, 0) is 64.2 Å². The van der Waals surface area contributed by atoms with Gasteiger partial charge in [0.15, 0.2) is 0 Å². The number of phenolic OH excluding ortho intramolecular Hbond substituents is 1. The summed E-state index contributed by atoms with van der Waals surface area (Å²) in [6, 6.07) is 11.9. The number of alkyl carbamates (subject to hydrolysis) is 1. The Morgan fingerprint density at radius 3 is 2.23 bits per heavy atom. The van der Waals surface area contributed by atoms with E-state index in [0.717, 1.165) is 24.8 Å². The van der Waals surface area contributed by atoms with Gasteiger partial charge in [0.2, 0.25) is 5.91 Å². The molecule has 0 bridgehead atoms. The molecule has 0 spiro atoms. The molecule has 2 atom stereocenters. The molecule has 0 radical (unpaired) electrons. The van der Waals surface area contributed by atoms with E-state index in [0.29, 0.717) is 24.1 Å². The smallest absolute Gasteiger partial charge is 0.408 e. The third-order valence-electron chi connectivity index (χ3n) is 6.43. The summed E-state index contributed by atoms with van der Waals surface area (Å²) in [4.78, 5) is 42.5. The zero-order valence-electron chi connectivity index (χ0n) is 25.1. The lowest BCUT2D eigenvalue weighted by Gasteiger charge is -2.35. The van der Waals surface area contributed by atoms with Crippen LogP contribution in [0.3, 0.4) is 0 Å². The lowest BCUT2D eigenvalue weighted by molar-refractivity contribution is -0.141. The average Bonchev–Trinajstić information content (AvgIpc) is 2.86. The molecular formula is C32H47N3O5. The molecule has 2 rings (SSSR count).